The van der Waals surface area contributed by atoms with Gasteiger partial charge in [0.05, 0.1) is 19.8 Å². The number of rotatable bonds is 8. The van der Waals surface area contributed by atoms with Gasteiger partial charge in [-0.25, -0.2) is 4.39 Å². The third-order valence-corrected chi connectivity index (χ3v) is 3.10. The molecule has 1 aromatic carbocycles. The molecule has 100 valence electrons. The molecule has 5 heteroatoms. The molecule has 0 radical (unpaired) electrons. The highest BCUT2D eigenvalue weighted by Gasteiger charge is 2.07. The van der Waals surface area contributed by atoms with Crippen LogP contribution in [-0.4, -0.2) is 32.7 Å². The first-order chi connectivity index (χ1) is 8.63. The topological polar surface area (TPSA) is 35.5 Å². The number of ketones is 1. The fourth-order valence-corrected chi connectivity index (χ4v) is 1.89. The third kappa shape index (κ3) is 5.71. The maximum atomic E-state index is 12.9. The van der Waals surface area contributed by atoms with Gasteiger partial charge in [-0.15, -0.1) is 0 Å². The lowest BCUT2D eigenvalue weighted by Crippen LogP contribution is -2.10. The maximum Gasteiger partial charge on any atom is 0.139 e. The average molecular weight is 319 g/mol. The summed E-state index contributed by atoms with van der Waals surface area (Å²) in [6.45, 7) is 1.41. The van der Waals surface area contributed by atoms with Crippen LogP contribution in [0.3, 0.4) is 0 Å². The van der Waals surface area contributed by atoms with E-state index >= 15 is 0 Å². The zero-order chi connectivity index (χ0) is 13.4. The Morgan fingerprint density at radius 2 is 2.11 bits per heavy atom. The highest BCUT2D eigenvalue weighted by Crippen LogP contribution is 2.19. The molecule has 0 saturated carbocycles. The van der Waals surface area contributed by atoms with E-state index in [4.69, 9.17) is 9.47 Å². The average Bonchev–Trinajstić information content (AvgIpc) is 2.32. The molecule has 0 heterocycles. The van der Waals surface area contributed by atoms with Gasteiger partial charge in [-0.1, -0.05) is 22.0 Å². The minimum Gasteiger partial charge on any atom is -0.382 e. The van der Waals surface area contributed by atoms with E-state index in [9.17, 15) is 9.18 Å². The Balaban J connectivity index is 2.31. The number of Topliss-reactive ketones (excluding diaryl/α,β-unsaturated/α-hetero) is 1. The fraction of sp³-hybridized carbons (Fsp3) is 0.462. The molecule has 0 N–H and O–H groups in total. The van der Waals surface area contributed by atoms with E-state index in [1.165, 1.54) is 12.1 Å². The zero-order valence-corrected chi connectivity index (χ0v) is 11.8. The third-order valence-electron chi connectivity index (χ3n) is 2.36. The van der Waals surface area contributed by atoms with E-state index in [2.05, 4.69) is 15.9 Å². The molecule has 0 fully saturated rings. The number of halogens is 2. The predicted octanol–water partition coefficient (Wildman–Crippen LogP) is 2.75. The number of hydrogen-bond donors (Lipinski definition) is 0. The van der Waals surface area contributed by atoms with Crippen LogP contribution in [0.2, 0.25) is 0 Å². The van der Waals surface area contributed by atoms with Gasteiger partial charge < -0.3 is 9.47 Å². The lowest BCUT2D eigenvalue weighted by molar-refractivity contribution is -0.119. The molecule has 0 unspecified atom stereocenters. The molecule has 0 aliphatic carbocycles. The van der Waals surface area contributed by atoms with Crippen molar-refractivity contribution in [2.45, 2.75) is 12.8 Å². The predicted molar refractivity (Wildman–Crippen MR) is 70.1 cm³/mol. The van der Waals surface area contributed by atoms with Crippen LogP contribution in [0.4, 0.5) is 4.39 Å². The van der Waals surface area contributed by atoms with Crippen molar-refractivity contribution in [2.24, 2.45) is 0 Å². The lowest BCUT2D eigenvalue weighted by atomic mass is 10.1. The molecule has 0 bridgehead atoms. The summed E-state index contributed by atoms with van der Waals surface area (Å²) in [7, 11) is 1.60. The Morgan fingerprint density at radius 3 is 2.78 bits per heavy atom. The summed E-state index contributed by atoms with van der Waals surface area (Å²) >= 11 is 3.24. The fourth-order valence-electron chi connectivity index (χ4n) is 1.40. The van der Waals surface area contributed by atoms with Gasteiger partial charge in [0.25, 0.3) is 0 Å². The van der Waals surface area contributed by atoms with Crippen LogP contribution in [0, 0.1) is 5.82 Å². The SMILES string of the molecule is COCCOCCC(=O)Cc1ccc(F)cc1Br. The second-order valence-electron chi connectivity index (χ2n) is 3.81. The Labute approximate surface area is 114 Å². The molecule has 0 amide bonds. The number of carbonyl (C=O) groups is 1. The van der Waals surface area contributed by atoms with Gasteiger partial charge in [0.15, 0.2) is 0 Å². The summed E-state index contributed by atoms with van der Waals surface area (Å²) in [4.78, 5) is 11.7. The van der Waals surface area contributed by atoms with Crippen LogP contribution in [0.15, 0.2) is 22.7 Å². The normalized spacial score (nSPS) is 10.6. The molecular formula is C13H16BrFO3. The number of methoxy groups -OCH3 is 1. The van der Waals surface area contributed by atoms with Gasteiger partial charge in [0.2, 0.25) is 0 Å². The van der Waals surface area contributed by atoms with Crippen LogP contribution in [-0.2, 0) is 20.7 Å². The van der Waals surface area contributed by atoms with Crippen molar-refractivity contribution in [2.75, 3.05) is 26.9 Å². The first-order valence-corrected chi connectivity index (χ1v) is 6.45. The van der Waals surface area contributed by atoms with Gasteiger partial charge >= 0.3 is 0 Å². The molecule has 1 aromatic rings. The van der Waals surface area contributed by atoms with E-state index in [0.717, 1.165) is 5.56 Å². The molecule has 18 heavy (non-hydrogen) atoms. The van der Waals surface area contributed by atoms with Gasteiger partial charge in [0.1, 0.15) is 11.6 Å². The molecule has 1 rings (SSSR count). The summed E-state index contributed by atoms with van der Waals surface area (Å²) in [5.41, 5.74) is 0.790. The van der Waals surface area contributed by atoms with Gasteiger partial charge in [-0.05, 0) is 17.7 Å². The van der Waals surface area contributed by atoms with Crippen LogP contribution in [0.5, 0.6) is 0 Å². The molecule has 0 saturated heterocycles. The number of benzene rings is 1. The van der Waals surface area contributed by atoms with Crippen molar-refractivity contribution in [3.8, 4) is 0 Å². The molecule has 0 spiro atoms. The minimum absolute atomic E-state index is 0.0692. The molecule has 0 atom stereocenters. The second-order valence-corrected chi connectivity index (χ2v) is 4.66. The second kappa shape index (κ2) is 8.34. The van der Waals surface area contributed by atoms with E-state index < -0.39 is 0 Å². The number of carbonyl (C=O) groups excluding carboxylic acids is 1. The lowest BCUT2D eigenvalue weighted by Gasteiger charge is -2.05. The van der Waals surface area contributed by atoms with Crippen molar-refractivity contribution in [3.63, 3.8) is 0 Å². The molecule has 0 aromatic heterocycles. The molecule has 0 aliphatic heterocycles. The monoisotopic (exact) mass is 318 g/mol. The standard InChI is InChI=1S/C13H16BrFO3/c1-17-6-7-18-5-4-12(16)8-10-2-3-11(15)9-13(10)14/h2-3,9H,4-8H2,1H3. The summed E-state index contributed by atoms with van der Waals surface area (Å²) in [6, 6.07) is 4.32. The number of hydrogen-bond acceptors (Lipinski definition) is 3. The molecule has 3 nitrogen and oxygen atoms in total. The van der Waals surface area contributed by atoms with E-state index in [1.807, 2.05) is 0 Å². The maximum absolute atomic E-state index is 12.9. The summed E-state index contributed by atoms with van der Waals surface area (Å²) in [5, 5.41) is 0. The smallest absolute Gasteiger partial charge is 0.139 e. The van der Waals surface area contributed by atoms with Crippen LogP contribution < -0.4 is 0 Å². The van der Waals surface area contributed by atoms with Gasteiger partial charge in [-0.3, -0.25) is 4.79 Å². The summed E-state index contributed by atoms with van der Waals surface area (Å²) in [6.07, 6.45) is 0.641. The van der Waals surface area contributed by atoms with E-state index in [-0.39, 0.29) is 18.0 Å². The van der Waals surface area contributed by atoms with Gasteiger partial charge in [0, 0.05) is 24.4 Å². The minimum atomic E-state index is -0.319. The van der Waals surface area contributed by atoms with Crippen molar-refractivity contribution >= 4 is 21.7 Å². The Kier molecular flexibility index (Phi) is 7.08. The van der Waals surface area contributed by atoms with Crippen molar-refractivity contribution in [1.82, 2.24) is 0 Å². The van der Waals surface area contributed by atoms with Crippen molar-refractivity contribution in [3.05, 3.63) is 34.1 Å². The Morgan fingerprint density at radius 1 is 1.33 bits per heavy atom. The molecule has 0 aliphatic rings. The Hall–Kier alpha value is -0.780. The van der Waals surface area contributed by atoms with Crippen LogP contribution >= 0.6 is 15.9 Å². The highest BCUT2D eigenvalue weighted by atomic mass is 79.9. The first-order valence-electron chi connectivity index (χ1n) is 5.66. The van der Waals surface area contributed by atoms with Gasteiger partial charge in [-0.2, -0.15) is 0 Å². The zero-order valence-electron chi connectivity index (χ0n) is 10.2. The summed E-state index contributed by atoms with van der Waals surface area (Å²) < 4.78 is 23.5. The summed E-state index contributed by atoms with van der Waals surface area (Å²) in [5.74, 6) is -0.249. The first kappa shape index (κ1) is 15.3. The van der Waals surface area contributed by atoms with Crippen LogP contribution in [0.25, 0.3) is 0 Å². The van der Waals surface area contributed by atoms with E-state index in [1.54, 1.807) is 13.2 Å². The van der Waals surface area contributed by atoms with Crippen molar-refractivity contribution in [1.29, 1.82) is 0 Å². The largest absolute Gasteiger partial charge is 0.382 e. The number of ether oxygens (including phenoxy) is 2. The Bertz CT molecular complexity index is 396. The van der Waals surface area contributed by atoms with Crippen molar-refractivity contribution < 1.29 is 18.7 Å². The van der Waals surface area contributed by atoms with E-state index in [0.29, 0.717) is 30.7 Å². The van der Waals surface area contributed by atoms with Crippen LogP contribution in [0.1, 0.15) is 12.0 Å². The highest BCUT2D eigenvalue weighted by molar-refractivity contribution is 9.10. The molecular weight excluding hydrogens is 303 g/mol. The quantitative estimate of drug-likeness (QED) is 0.691.